The lowest BCUT2D eigenvalue weighted by Gasteiger charge is -2.43. The molecule has 1 unspecified atom stereocenters. The zero-order chi connectivity index (χ0) is 15.3. The highest BCUT2D eigenvalue weighted by atomic mass is 35.5. The highest BCUT2D eigenvalue weighted by molar-refractivity contribution is 6.30. The molecule has 0 fully saturated rings. The summed E-state index contributed by atoms with van der Waals surface area (Å²) in [6.07, 6.45) is 0.880. The van der Waals surface area contributed by atoms with E-state index in [9.17, 15) is 0 Å². The fraction of sp³-hybridized carbons (Fsp3) is 0.278. The first-order valence-electron chi connectivity index (χ1n) is 7.45. The normalized spacial score (nSPS) is 21.7. The Kier molecular flexibility index (Phi) is 2.95. The number of hydrogen-bond acceptors (Lipinski definition) is 3. The number of rotatable bonds is 1. The second kappa shape index (κ2) is 4.75. The second-order valence-corrected chi connectivity index (χ2v) is 6.64. The van der Waals surface area contributed by atoms with E-state index in [-0.39, 0.29) is 6.04 Å². The van der Waals surface area contributed by atoms with Gasteiger partial charge in [-0.05, 0) is 37.6 Å². The van der Waals surface area contributed by atoms with E-state index in [2.05, 4.69) is 31.0 Å². The summed E-state index contributed by atoms with van der Waals surface area (Å²) in [5.41, 5.74) is 2.95. The van der Waals surface area contributed by atoms with Crippen LogP contribution in [0.2, 0.25) is 5.02 Å². The Morgan fingerprint density at radius 2 is 1.86 bits per heavy atom. The van der Waals surface area contributed by atoms with Crippen molar-refractivity contribution >= 4 is 17.3 Å². The van der Waals surface area contributed by atoms with Gasteiger partial charge in [0.05, 0.1) is 11.8 Å². The molecule has 22 heavy (non-hydrogen) atoms. The summed E-state index contributed by atoms with van der Waals surface area (Å²) in [6, 6.07) is 16.3. The summed E-state index contributed by atoms with van der Waals surface area (Å²) < 4.78 is 6.13. The van der Waals surface area contributed by atoms with E-state index in [0.29, 0.717) is 0 Å². The van der Waals surface area contributed by atoms with Gasteiger partial charge in [-0.1, -0.05) is 41.9 Å². The summed E-state index contributed by atoms with van der Waals surface area (Å²) >= 11 is 5.98. The molecule has 4 heteroatoms. The van der Waals surface area contributed by atoms with Gasteiger partial charge in [-0.25, -0.2) is 5.01 Å². The van der Waals surface area contributed by atoms with Crippen molar-refractivity contribution in [3.05, 3.63) is 64.7 Å². The first-order chi connectivity index (χ1) is 10.5. The van der Waals surface area contributed by atoms with Crippen molar-refractivity contribution < 1.29 is 4.74 Å². The Morgan fingerprint density at radius 3 is 2.64 bits per heavy atom. The van der Waals surface area contributed by atoms with Gasteiger partial charge in [-0.3, -0.25) is 0 Å². The molecule has 3 nitrogen and oxygen atoms in total. The lowest BCUT2D eigenvalue weighted by Crippen LogP contribution is -2.48. The van der Waals surface area contributed by atoms with Crippen LogP contribution in [0.15, 0.2) is 53.6 Å². The van der Waals surface area contributed by atoms with E-state index < -0.39 is 5.72 Å². The molecule has 0 saturated carbocycles. The number of ether oxygens (including phenoxy) is 1. The Morgan fingerprint density at radius 1 is 1.14 bits per heavy atom. The molecule has 2 aliphatic rings. The number of para-hydroxylation sites is 1. The molecule has 2 aromatic carbocycles. The molecule has 0 saturated heterocycles. The fourth-order valence-electron chi connectivity index (χ4n) is 3.23. The van der Waals surface area contributed by atoms with Gasteiger partial charge in [-0.15, -0.1) is 0 Å². The maximum Gasteiger partial charge on any atom is 0.192 e. The molecule has 2 aliphatic heterocycles. The second-order valence-electron chi connectivity index (χ2n) is 6.20. The maximum atomic E-state index is 6.13. The number of halogens is 1. The molecular weight excluding hydrogens is 296 g/mol. The average molecular weight is 313 g/mol. The molecule has 1 atom stereocenters. The predicted octanol–water partition coefficient (Wildman–Crippen LogP) is 4.62. The highest BCUT2D eigenvalue weighted by Gasteiger charge is 2.44. The predicted molar refractivity (Wildman–Crippen MR) is 88.3 cm³/mol. The van der Waals surface area contributed by atoms with Gasteiger partial charge in [0.2, 0.25) is 0 Å². The molecular formula is C18H17ClN2O. The minimum atomic E-state index is -0.451. The number of benzene rings is 2. The molecule has 4 rings (SSSR count). The molecule has 0 radical (unpaired) electrons. The van der Waals surface area contributed by atoms with Crippen LogP contribution in [0.4, 0.5) is 0 Å². The van der Waals surface area contributed by atoms with Crippen LogP contribution in [0.3, 0.4) is 0 Å². The van der Waals surface area contributed by atoms with E-state index in [4.69, 9.17) is 21.4 Å². The van der Waals surface area contributed by atoms with E-state index in [1.54, 1.807) is 0 Å². The fourth-order valence-corrected chi connectivity index (χ4v) is 3.36. The molecule has 112 valence electrons. The molecule has 0 aromatic heterocycles. The minimum Gasteiger partial charge on any atom is -0.467 e. The van der Waals surface area contributed by atoms with Gasteiger partial charge in [0.1, 0.15) is 5.75 Å². The van der Waals surface area contributed by atoms with Crippen molar-refractivity contribution in [2.24, 2.45) is 5.10 Å². The molecule has 0 bridgehead atoms. The number of nitrogens with zero attached hydrogens (tertiary/aromatic N) is 2. The van der Waals surface area contributed by atoms with Gasteiger partial charge < -0.3 is 4.74 Å². The monoisotopic (exact) mass is 312 g/mol. The van der Waals surface area contributed by atoms with Crippen molar-refractivity contribution in [1.29, 1.82) is 0 Å². The average Bonchev–Trinajstić information content (AvgIpc) is 2.94. The zero-order valence-corrected chi connectivity index (χ0v) is 13.3. The van der Waals surface area contributed by atoms with Crippen LogP contribution < -0.4 is 4.74 Å². The van der Waals surface area contributed by atoms with E-state index >= 15 is 0 Å². The molecule has 0 amide bonds. The summed E-state index contributed by atoms with van der Waals surface area (Å²) in [7, 11) is 0. The van der Waals surface area contributed by atoms with Gasteiger partial charge in [0.25, 0.3) is 0 Å². The summed E-state index contributed by atoms with van der Waals surface area (Å²) in [4.78, 5) is 0. The van der Waals surface area contributed by atoms with E-state index in [0.717, 1.165) is 28.5 Å². The summed E-state index contributed by atoms with van der Waals surface area (Å²) in [5.74, 6) is 0.960. The largest absolute Gasteiger partial charge is 0.467 e. The quantitative estimate of drug-likeness (QED) is 0.767. The smallest absolute Gasteiger partial charge is 0.192 e. The molecule has 0 spiro atoms. The van der Waals surface area contributed by atoms with Crippen LogP contribution in [0.5, 0.6) is 5.75 Å². The molecule has 0 N–H and O–H groups in total. The maximum absolute atomic E-state index is 6.13. The lowest BCUT2D eigenvalue weighted by atomic mass is 9.95. The third-order valence-corrected chi connectivity index (χ3v) is 4.53. The Balaban J connectivity index is 1.76. The zero-order valence-electron chi connectivity index (χ0n) is 12.6. The van der Waals surface area contributed by atoms with E-state index in [1.807, 2.05) is 36.4 Å². The Labute approximate surface area is 135 Å². The summed E-state index contributed by atoms with van der Waals surface area (Å²) in [5, 5.41) is 7.67. The van der Waals surface area contributed by atoms with Gasteiger partial charge in [0, 0.05) is 17.0 Å². The van der Waals surface area contributed by atoms with Crippen molar-refractivity contribution in [2.75, 3.05) is 0 Å². The first-order valence-corrected chi connectivity index (χ1v) is 7.83. The van der Waals surface area contributed by atoms with E-state index in [1.165, 1.54) is 5.56 Å². The SMILES string of the molecule is CC1(C)Oc2ccccc2C2CC(c3ccc(Cl)cc3)=NN21. The third kappa shape index (κ3) is 2.08. The van der Waals surface area contributed by atoms with Crippen LogP contribution in [-0.2, 0) is 0 Å². The standard InChI is InChI=1S/C18H17ClN2O/c1-18(2)21-16(14-5-3-4-6-17(14)22-18)11-15(20-21)12-7-9-13(19)10-8-12/h3-10,16H,11H2,1-2H3. The van der Waals surface area contributed by atoms with Gasteiger partial charge >= 0.3 is 0 Å². The van der Waals surface area contributed by atoms with Gasteiger partial charge in [0.15, 0.2) is 5.72 Å². The minimum absolute atomic E-state index is 0.227. The van der Waals surface area contributed by atoms with Crippen molar-refractivity contribution in [1.82, 2.24) is 5.01 Å². The number of hydrazone groups is 1. The summed E-state index contributed by atoms with van der Waals surface area (Å²) in [6.45, 7) is 4.12. The van der Waals surface area contributed by atoms with Crippen LogP contribution in [0, 0.1) is 0 Å². The molecule has 2 heterocycles. The molecule has 2 aromatic rings. The van der Waals surface area contributed by atoms with Crippen molar-refractivity contribution in [2.45, 2.75) is 32.0 Å². The van der Waals surface area contributed by atoms with Crippen LogP contribution in [-0.4, -0.2) is 16.4 Å². The van der Waals surface area contributed by atoms with Crippen molar-refractivity contribution in [3.63, 3.8) is 0 Å². The molecule has 0 aliphatic carbocycles. The lowest BCUT2D eigenvalue weighted by molar-refractivity contribution is -0.0911. The number of hydrogen-bond donors (Lipinski definition) is 0. The van der Waals surface area contributed by atoms with Gasteiger partial charge in [-0.2, -0.15) is 5.10 Å². The third-order valence-electron chi connectivity index (χ3n) is 4.28. The van der Waals surface area contributed by atoms with Crippen LogP contribution in [0.1, 0.15) is 37.4 Å². The van der Waals surface area contributed by atoms with Crippen molar-refractivity contribution in [3.8, 4) is 5.75 Å². The van der Waals surface area contributed by atoms with Crippen LogP contribution in [0.25, 0.3) is 0 Å². The first kappa shape index (κ1) is 13.6. The topological polar surface area (TPSA) is 24.8 Å². The van der Waals surface area contributed by atoms with Crippen LogP contribution >= 0.6 is 11.6 Å². The Bertz CT molecular complexity index is 752. The Hall–Kier alpha value is -2.00. The highest BCUT2D eigenvalue weighted by Crippen LogP contribution is 2.46. The number of fused-ring (bicyclic) bond motifs is 3.